The molecule has 0 radical (unpaired) electrons. The maximum Gasteiger partial charge on any atom is 0.289 e. The Bertz CT molecular complexity index is 972. The molecule has 30 heavy (non-hydrogen) atoms. The molecule has 1 aromatic heterocycles. The van der Waals surface area contributed by atoms with Crippen LogP contribution in [0.4, 0.5) is 0 Å². The molecule has 0 saturated heterocycles. The van der Waals surface area contributed by atoms with Gasteiger partial charge < -0.3 is 15.2 Å². The Hall–Kier alpha value is -2.53. The van der Waals surface area contributed by atoms with Crippen LogP contribution < -0.4 is 5.32 Å². The molecule has 1 aliphatic carbocycles. The number of aromatic amines is 1. The fraction of sp³-hybridized carbons (Fsp3) is 0.391. The monoisotopic (exact) mass is 400 g/mol. The molecule has 2 atom stereocenters. The molecular weight excluding hydrogens is 370 g/mol. The maximum atomic E-state index is 13.3. The highest BCUT2D eigenvalue weighted by Gasteiger charge is 2.33. The molecule has 3 aromatic rings. The lowest BCUT2D eigenvalue weighted by Crippen LogP contribution is -2.53. The van der Waals surface area contributed by atoms with E-state index in [0.29, 0.717) is 18.4 Å². The Morgan fingerprint density at radius 1 is 1.17 bits per heavy atom. The van der Waals surface area contributed by atoms with E-state index in [2.05, 4.69) is 68.2 Å². The van der Waals surface area contributed by atoms with Crippen LogP contribution in [0.2, 0.25) is 0 Å². The van der Waals surface area contributed by atoms with Crippen LogP contribution >= 0.6 is 0 Å². The molecular formula is C23H30B2N4O. The second-order valence-corrected chi connectivity index (χ2v) is 8.85. The first-order valence-electron chi connectivity index (χ1n) is 11.1. The number of rotatable bonds is 6. The maximum absolute atomic E-state index is 13.3. The third kappa shape index (κ3) is 4.31. The summed E-state index contributed by atoms with van der Waals surface area (Å²) in [4.78, 5) is 23.0. The summed E-state index contributed by atoms with van der Waals surface area (Å²) in [6.45, 7) is 2.75. The van der Waals surface area contributed by atoms with E-state index in [1.54, 1.807) is 0 Å². The highest BCUT2D eigenvalue weighted by molar-refractivity contribution is 6.39. The van der Waals surface area contributed by atoms with E-state index in [4.69, 9.17) is 0 Å². The van der Waals surface area contributed by atoms with Gasteiger partial charge in [0.25, 0.3) is 5.91 Å². The van der Waals surface area contributed by atoms with E-state index in [1.807, 2.05) is 29.2 Å². The number of fused-ring (bicyclic) bond motifs is 1. The van der Waals surface area contributed by atoms with Crippen molar-refractivity contribution in [1.82, 2.24) is 20.2 Å². The Labute approximate surface area is 180 Å². The summed E-state index contributed by atoms with van der Waals surface area (Å²) in [6, 6.07) is 19.0. The van der Waals surface area contributed by atoms with Gasteiger partial charge in [-0.05, 0) is 55.6 Å². The fourth-order valence-corrected chi connectivity index (χ4v) is 4.78. The number of hydrogen-bond acceptors (Lipinski definition) is 3. The number of H-pyrrole nitrogens is 1. The number of hydrogen-bond donors (Lipinski definition) is 2. The fourth-order valence-electron chi connectivity index (χ4n) is 4.78. The van der Waals surface area contributed by atoms with Gasteiger partial charge in [-0.25, -0.2) is 4.98 Å². The van der Waals surface area contributed by atoms with Gasteiger partial charge in [-0.15, -0.1) is 0 Å². The summed E-state index contributed by atoms with van der Waals surface area (Å²) in [5, 5.41) is 3.76. The molecule has 154 valence electrons. The smallest absolute Gasteiger partial charge is 0.289 e. The molecule has 5 nitrogen and oxygen atoms in total. The zero-order valence-electron chi connectivity index (χ0n) is 18.2. The molecule has 2 N–H and O–H groups in total. The zero-order valence-corrected chi connectivity index (χ0v) is 18.2. The number of carbonyl (C=O) groups excluding carboxylic acids is 1. The van der Waals surface area contributed by atoms with E-state index in [9.17, 15) is 4.79 Å². The molecule has 2 aromatic carbocycles. The van der Waals surface area contributed by atoms with E-state index in [1.165, 1.54) is 5.56 Å². The molecule has 0 bridgehead atoms. The lowest BCUT2D eigenvalue weighted by molar-refractivity contribution is 0.0615. The predicted molar refractivity (Wildman–Crippen MR) is 127 cm³/mol. The minimum atomic E-state index is -0.104. The van der Waals surface area contributed by atoms with Crippen LogP contribution in [0.25, 0.3) is 11.0 Å². The third-order valence-corrected chi connectivity index (χ3v) is 6.34. The first kappa shape index (κ1) is 20.7. The first-order valence-corrected chi connectivity index (χ1v) is 11.1. The third-order valence-electron chi connectivity index (χ3n) is 6.34. The number of amides is 1. The van der Waals surface area contributed by atoms with Crippen molar-refractivity contribution in [3.8, 4) is 0 Å². The van der Waals surface area contributed by atoms with Crippen LogP contribution in [0.1, 0.15) is 48.8 Å². The molecule has 1 heterocycles. The van der Waals surface area contributed by atoms with Gasteiger partial charge in [0.1, 0.15) is 15.7 Å². The van der Waals surface area contributed by atoms with Crippen LogP contribution in [0, 0.1) is 0 Å². The first-order chi connectivity index (χ1) is 14.5. The highest BCUT2D eigenvalue weighted by atomic mass is 16.2. The number of para-hydroxylation sites is 2. The van der Waals surface area contributed by atoms with Gasteiger partial charge >= 0.3 is 0 Å². The van der Waals surface area contributed by atoms with Gasteiger partial charge in [0.05, 0.1) is 11.0 Å². The Morgan fingerprint density at radius 3 is 2.63 bits per heavy atom. The van der Waals surface area contributed by atoms with Crippen molar-refractivity contribution in [1.29, 1.82) is 0 Å². The minimum absolute atomic E-state index is 0.00155. The van der Waals surface area contributed by atoms with Crippen molar-refractivity contribution < 1.29 is 4.79 Å². The van der Waals surface area contributed by atoms with Crippen molar-refractivity contribution in [3.05, 3.63) is 66.0 Å². The van der Waals surface area contributed by atoms with Crippen LogP contribution in [-0.2, 0) is 5.34 Å². The van der Waals surface area contributed by atoms with Gasteiger partial charge in [-0.2, -0.15) is 0 Å². The Kier molecular flexibility index (Phi) is 6.00. The lowest BCUT2D eigenvalue weighted by atomic mass is 9.57. The molecule has 1 fully saturated rings. The number of imidazole rings is 1. The van der Waals surface area contributed by atoms with Crippen LogP contribution in [0.3, 0.4) is 0 Å². The van der Waals surface area contributed by atoms with Crippen molar-refractivity contribution in [2.75, 3.05) is 6.54 Å². The van der Waals surface area contributed by atoms with Crippen LogP contribution in [-0.4, -0.2) is 55.1 Å². The van der Waals surface area contributed by atoms with Gasteiger partial charge in [0.15, 0.2) is 5.82 Å². The number of aromatic nitrogens is 2. The SMILES string of the molecule is BC(B)(N[C@@H]1CCC[C@H](N(CC)C(=O)c2nc3ccccc3[nH]2)C1)c1ccccc1. The molecule has 1 saturated carbocycles. The zero-order chi connectivity index (χ0) is 21.1. The van der Waals surface area contributed by atoms with Gasteiger partial charge in [0, 0.05) is 18.6 Å². The topological polar surface area (TPSA) is 61.0 Å². The van der Waals surface area contributed by atoms with Crippen molar-refractivity contribution >= 4 is 32.6 Å². The summed E-state index contributed by atoms with van der Waals surface area (Å²) in [7, 11) is 4.48. The second-order valence-electron chi connectivity index (χ2n) is 8.85. The van der Waals surface area contributed by atoms with Crippen molar-refractivity contribution in [3.63, 3.8) is 0 Å². The summed E-state index contributed by atoms with van der Waals surface area (Å²) < 4.78 is 0. The molecule has 0 spiro atoms. The molecule has 0 unspecified atom stereocenters. The van der Waals surface area contributed by atoms with Crippen molar-refractivity contribution in [2.45, 2.75) is 50.0 Å². The highest BCUT2D eigenvalue weighted by Crippen LogP contribution is 2.27. The number of nitrogens with one attached hydrogen (secondary N) is 2. The van der Waals surface area contributed by atoms with Gasteiger partial charge in [-0.1, -0.05) is 42.5 Å². The molecule has 1 aliphatic rings. The summed E-state index contributed by atoms with van der Waals surface area (Å²) >= 11 is 0. The molecule has 4 rings (SSSR count). The molecule has 0 aliphatic heterocycles. The average Bonchev–Trinajstić information content (AvgIpc) is 3.19. The van der Waals surface area contributed by atoms with Gasteiger partial charge in [-0.3, -0.25) is 4.79 Å². The van der Waals surface area contributed by atoms with Crippen LogP contribution in [0.15, 0.2) is 54.6 Å². The second kappa shape index (κ2) is 8.68. The largest absolute Gasteiger partial charge is 0.334 e. The van der Waals surface area contributed by atoms with Gasteiger partial charge in [0.2, 0.25) is 0 Å². The van der Waals surface area contributed by atoms with Crippen LogP contribution in [0.5, 0.6) is 0 Å². The summed E-state index contributed by atoms with van der Waals surface area (Å²) in [5.74, 6) is 0.444. The molecule has 1 amide bonds. The van der Waals surface area contributed by atoms with E-state index in [0.717, 1.165) is 36.7 Å². The average molecular weight is 400 g/mol. The normalized spacial score (nSPS) is 19.6. The minimum Gasteiger partial charge on any atom is -0.334 e. The van der Waals surface area contributed by atoms with E-state index < -0.39 is 0 Å². The Balaban J connectivity index is 1.47. The summed E-state index contributed by atoms with van der Waals surface area (Å²) in [6.07, 6.45) is 4.28. The number of carbonyl (C=O) groups is 1. The number of benzene rings is 2. The van der Waals surface area contributed by atoms with E-state index >= 15 is 0 Å². The molecule has 7 heteroatoms. The summed E-state index contributed by atoms with van der Waals surface area (Å²) in [5.41, 5.74) is 3.03. The number of nitrogens with zero attached hydrogens (tertiary/aromatic N) is 2. The standard InChI is InChI=1S/C23H30B2N4O/c1-2-29(22(30)21-26-19-13-6-7-14-20(19)27-21)18-12-8-11-17(15-18)28-23(24,25)16-9-4-3-5-10-16/h3-7,9-10,13-14,17-18,28H,2,8,11-12,15,24-25H2,1H3,(H,26,27)/t17-,18+/m1/s1. The van der Waals surface area contributed by atoms with E-state index in [-0.39, 0.29) is 17.3 Å². The lowest BCUT2D eigenvalue weighted by Gasteiger charge is -2.40. The van der Waals surface area contributed by atoms with Crippen molar-refractivity contribution in [2.24, 2.45) is 0 Å². The Morgan fingerprint density at radius 2 is 1.90 bits per heavy atom. The predicted octanol–water partition coefficient (Wildman–Crippen LogP) is 2.00. The quantitative estimate of drug-likeness (QED) is 0.623.